The molecule has 1 aromatic heterocycles. The number of hydrogen-bond donors (Lipinski definition) is 1. The van der Waals surface area contributed by atoms with Crippen molar-refractivity contribution in [3.05, 3.63) is 33.8 Å². The Labute approximate surface area is 101 Å². The van der Waals surface area contributed by atoms with Crippen molar-refractivity contribution in [1.29, 1.82) is 0 Å². The molecule has 2 rings (SSSR count). The number of hydrogen-bond acceptors (Lipinski definition) is 5. The first-order valence-electron chi connectivity index (χ1n) is 4.56. The summed E-state index contributed by atoms with van der Waals surface area (Å²) >= 11 is 7.16. The van der Waals surface area contributed by atoms with E-state index in [4.69, 9.17) is 21.4 Å². The molecule has 1 heterocycles. The maximum absolute atomic E-state index is 8.84. The number of aliphatic hydroxyl groups is 1. The average molecular weight is 257 g/mol. The highest BCUT2D eigenvalue weighted by Crippen LogP contribution is 2.31. The third-order valence-corrected chi connectivity index (χ3v) is 2.97. The van der Waals surface area contributed by atoms with E-state index >= 15 is 0 Å². The van der Waals surface area contributed by atoms with Gasteiger partial charge in [-0.1, -0.05) is 34.1 Å². The number of benzene rings is 1. The van der Waals surface area contributed by atoms with Gasteiger partial charge in [-0.15, -0.1) is 5.10 Å². The Morgan fingerprint density at radius 3 is 2.94 bits per heavy atom. The molecule has 0 amide bonds. The highest BCUT2D eigenvalue weighted by molar-refractivity contribution is 7.13. The highest BCUT2D eigenvalue weighted by atomic mass is 35.5. The lowest BCUT2D eigenvalue weighted by Crippen LogP contribution is -1.85. The Kier molecular flexibility index (Phi) is 3.38. The van der Waals surface area contributed by atoms with E-state index in [9.17, 15) is 0 Å². The number of aryl methyl sites for hydroxylation is 1. The molecule has 0 spiro atoms. The Morgan fingerprint density at radius 1 is 1.44 bits per heavy atom. The molecule has 0 atom stereocenters. The van der Waals surface area contributed by atoms with Gasteiger partial charge < -0.3 is 9.84 Å². The Hall–Kier alpha value is -1.17. The average Bonchev–Trinajstić information content (AvgIpc) is 2.71. The number of rotatable bonds is 3. The van der Waals surface area contributed by atoms with Crippen LogP contribution in [0.25, 0.3) is 0 Å². The van der Waals surface area contributed by atoms with E-state index in [1.807, 2.05) is 19.1 Å². The van der Waals surface area contributed by atoms with E-state index in [1.54, 1.807) is 6.07 Å². The van der Waals surface area contributed by atoms with Crippen molar-refractivity contribution in [2.45, 2.75) is 13.5 Å². The smallest absolute Gasteiger partial charge is 0.299 e. The van der Waals surface area contributed by atoms with Gasteiger partial charge in [-0.2, -0.15) is 0 Å². The summed E-state index contributed by atoms with van der Waals surface area (Å²) in [4.78, 5) is 0. The normalized spacial score (nSPS) is 10.4. The maximum atomic E-state index is 8.84. The second-order valence-corrected chi connectivity index (χ2v) is 4.59. The number of nitrogens with zero attached hydrogens (tertiary/aromatic N) is 2. The molecule has 0 aliphatic rings. The van der Waals surface area contributed by atoms with Gasteiger partial charge in [0.15, 0.2) is 0 Å². The fourth-order valence-electron chi connectivity index (χ4n) is 1.13. The second kappa shape index (κ2) is 4.78. The largest absolute Gasteiger partial charge is 0.428 e. The Balaban J connectivity index is 2.22. The first-order valence-corrected chi connectivity index (χ1v) is 5.75. The van der Waals surface area contributed by atoms with Crippen molar-refractivity contribution >= 4 is 22.9 Å². The molecule has 0 saturated heterocycles. The molecule has 6 heteroatoms. The second-order valence-electron chi connectivity index (χ2n) is 3.16. The molecule has 0 aliphatic heterocycles. The van der Waals surface area contributed by atoms with Gasteiger partial charge in [0.25, 0.3) is 5.19 Å². The molecule has 0 unspecified atom stereocenters. The Morgan fingerprint density at radius 2 is 2.25 bits per heavy atom. The van der Waals surface area contributed by atoms with Gasteiger partial charge in [-0.25, -0.2) is 0 Å². The zero-order valence-electron chi connectivity index (χ0n) is 8.48. The molecule has 0 saturated carbocycles. The molecule has 84 valence electrons. The molecule has 1 N–H and O–H groups in total. The van der Waals surface area contributed by atoms with Crippen molar-refractivity contribution in [3.8, 4) is 10.9 Å². The van der Waals surface area contributed by atoms with Crippen LogP contribution in [0.2, 0.25) is 5.02 Å². The van der Waals surface area contributed by atoms with Gasteiger partial charge in [0.05, 0.1) is 11.6 Å². The summed E-state index contributed by atoms with van der Waals surface area (Å²) in [5, 5.41) is 17.8. The summed E-state index contributed by atoms with van der Waals surface area (Å²) in [6.45, 7) is 1.81. The van der Waals surface area contributed by atoms with Gasteiger partial charge in [0, 0.05) is 0 Å². The van der Waals surface area contributed by atoms with Gasteiger partial charge in [-0.05, 0) is 24.6 Å². The molecule has 0 fully saturated rings. The van der Waals surface area contributed by atoms with Crippen LogP contribution in [0.15, 0.2) is 18.2 Å². The van der Waals surface area contributed by atoms with Crippen LogP contribution < -0.4 is 4.74 Å². The van der Waals surface area contributed by atoms with E-state index in [-0.39, 0.29) is 6.61 Å². The highest BCUT2D eigenvalue weighted by Gasteiger charge is 2.08. The lowest BCUT2D eigenvalue weighted by molar-refractivity contribution is 0.280. The van der Waals surface area contributed by atoms with Crippen LogP contribution in [0.3, 0.4) is 0 Å². The van der Waals surface area contributed by atoms with Gasteiger partial charge in [-0.3, -0.25) is 0 Å². The number of ether oxygens (including phenoxy) is 1. The fourth-order valence-corrected chi connectivity index (χ4v) is 1.84. The van der Waals surface area contributed by atoms with Crippen LogP contribution in [-0.2, 0) is 6.61 Å². The molecule has 1 aromatic carbocycles. The van der Waals surface area contributed by atoms with Crippen molar-refractivity contribution in [2.24, 2.45) is 0 Å². The quantitative estimate of drug-likeness (QED) is 0.918. The van der Waals surface area contributed by atoms with Gasteiger partial charge in [0.2, 0.25) is 0 Å². The molecular weight excluding hydrogens is 248 g/mol. The zero-order valence-corrected chi connectivity index (χ0v) is 10.0. The molecule has 2 aromatic rings. The number of aromatic nitrogens is 2. The van der Waals surface area contributed by atoms with Crippen molar-refractivity contribution in [2.75, 3.05) is 0 Å². The van der Waals surface area contributed by atoms with Crippen molar-refractivity contribution in [1.82, 2.24) is 10.2 Å². The number of halogens is 1. The minimum atomic E-state index is -0.136. The minimum Gasteiger partial charge on any atom is -0.428 e. The predicted octanol–water partition coefficient (Wildman–Crippen LogP) is 2.78. The van der Waals surface area contributed by atoms with Gasteiger partial charge >= 0.3 is 0 Å². The molecule has 16 heavy (non-hydrogen) atoms. The van der Waals surface area contributed by atoms with Crippen LogP contribution in [0.5, 0.6) is 10.9 Å². The summed E-state index contributed by atoms with van der Waals surface area (Å²) in [5.74, 6) is 0.544. The summed E-state index contributed by atoms with van der Waals surface area (Å²) in [5.41, 5.74) is 1.05. The predicted molar refractivity (Wildman–Crippen MR) is 62.1 cm³/mol. The molecule has 0 bridgehead atoms. The molecule has 0 radical (unpaired) electrons. The fraction of sp³-hybridized carbons (Fsp3) is 0.200. The van der Waals surface area contributed by atoms with Crippen LogP contribution in [-0.4, -0.2) is 15.3 Å². The van der Waals surface area contributed by atoms with Crippen LogP contribution in [0.1, 0.15) is 10.6 Å². The monoisotopic (exact) mass is 256 g/mol. The van der Waals surface area contributed by atoms with E-state index in [0.717, 1.165) is 5.56 Å². The summed E-state index contributed by atoms with van der Waals surface area (Å²) in [6, 6.07) is 5.48. The summed E-state index contributed by atoms with van der Waals surface area (Å²) in [6.07, 6.45) is 0. The topological polar surface area (TPSA) is 55.2 Å². The zero-order chi connectivity index (χ0) is 11.5. The number of aliphatic hydroxyl groups excluding tert-OH is 1. The van der Waals surface area contributed by atoms with E-state index in [2.05, 4.69) is 10.2 Å². The lowest BCUT2D eigenvalue weighted by Gasteiger charge is -2.04. The van der Waals surface area contributed by atoms with Crippen LogP contribution >= 0.6 is 22.9 Å². The van der Waals surface area contributed by atoms with Crippen LogP contribution in [0.4, 0.5) is 0 Å². The SMILES string of the molecule is Cc1ccc(Cl)c(Oc2nnc(CO)s2)c1. The minimum absolute atomic E-state index is 0.136. The first-order chi connectivity index (χ1) is 7.69. The maximum Gasteiger partial charge on any atom is 0.299 e. The lowest BCUT2D eigenvalue weighted by atomic mass is 10.2. The summed E-state index contributed by atoms with van der Waals surface area (Å²) < 4.78 is 5.47. The third kappa shape index (κ3) is 2.49. The standard InChI is InChI=1S/C10H9ClN2O2S/c1-6-2-3-7(11)8(4-6)15-10-13-12-9(5-14)16-10/h2-4,14H,5H2,1H3. The Bertz CT molecular complexity index is 501. The van der Waals surface area contributed by atoms with Gasteiger partial charge in [0.1, 0.15) is 10.8 Å². The van der Waals surface area contributed by atoms with Crippen molar-refractivity contribution < 1.29 is 9.84 Å². The van der Waals surface area contributed by atoms with E-state index in [1.165, 1.54) is 11.3 Å². The molecular formula is C10H9ClN2O2S. The van der Waals surface area contributed by atoms with Crippen LogP contribution in [0, 0.1) is 6.92 Å². The first kappa shape index (κ1) is 11.3. The van der Waals surface area contributed by atoms with E-state index in [0.29, 0.717) is 21.0 Å². The van der Waals surface area contributed by atoms with E-state index < -0.39 is 0 Å². The summed E-state index contributed by atoms with van der Waals surface area (Å²) in [7, 11) is 0. The molecule has 4 nitrogen and oxygen atoms in total. The molecule has 0 aliphatic carbocycles. The third-order valence-electron chi connectivity index (χ3n) is 1.87. The van der Waals surface area contributed by atoms with Crippen molar-refractivity contribution in [3.63, 3.8) is 0 Å².